The van der Waals surface area contributed by atoms with E-state index in [1.807, 2.05) is 0 Å². The largest absolute Gasteiger partial charge is 0.393 e. The van der Waals surface area contributed by atoms with E-state index in [4.69, 9.17) is 0 Å². The highest BCUT2D eigenvalue weighted by Crippen LogP contribution is 2.15. The molecule has 2 N–H and O–H groups in total. The van der Waals surface area contributed by atoms with Crippen molar-refractivity contribution < 1.29 is 14.3 Å². The Labute approximate surface area is 134 Å². The van der Waals surface area contributed by atoms with E-state index in [2.05, 4.69) is 10.3 Å². The van der Waals surface area contributed by atoms with Gasteiger partial charge in [-0.05, 0) is 31.0 Å². The Hall–Kier alpha value is -2.41. The molecule has 1 heterocycles. The van der Waals surface area contributed by atoms with E-state index in [1.54, 1.807) is 43.1 Å². The number of nitrogens with zero attached hydrogens (tertiary/aromatic N) is 3. The maximum absolute atomic E-state index is 14.1. The highest BCUT2D eigenvalue weighted by atomic mass is 19.1. The van der Waals surface area contributed by atoms with Gasteiger partial charge in [0.1, 0.15) is 5.82 Å². The quantitative estimate of drug-likeness (QED) is 0.854. The van der Waals surface area contributed by atoms with Gasteiger partial charge < -0.3 is 19.9 Å². The molecule has 2 amide bonds. The molecule has 1 unspecified atom stereocenters. The third kappa shape index (κ3) is 4.79. The van der Waals surface area contributed by atoms with Gasteiger partial charge in [-0.2, -0.15) is 0 Å². The lowest BCUT2D eigenvalue weighted by Crippen LogP contribution is -2.38. The third-order valence-corrected chi connectivity index (χ3v) is 3.47. The fourth-order valence-electron chi connectivity index (χ4n) is 2.07. The molecule has 0 bridgehead atoms. The van der Waals surface area contributed by atoms with Gasteiger partial charge >= 0.3 is 6.03 Å². The topological polar surface area (TPSA) is 70.4 Å². The summed E-state index contributed by atoms with van der Waals surface area (Å²) in [5.74, 6) is -0.378. The minimum absolute atomic E-state index is 0.235. The number of urea groups is 1. The predicted octanol–water partition coefficient (Wildman–Crippen LogP) is 1.92. The van der Waals surface area contributed by atoms with Crippen molar-refractivity contribution in [1.29, 1.82) is 0 Å². The normalized spacial score (nSPS) is 12.0. The van der Waals surface area contributed by atoms with Crippen LogP contribution in [0, 0.1) is 5.82 Å². The number of benzene rings is 1. The number of imidazole rings is 1. The van der Waals surface area contributed by atoms with Gasteiger partial charge in [0.25, 0.3) is 0 Å². The highest BCUT2D eigenvalue weighted by molar-refractivity contribution is 5.73. The first-order chi connectivity index (χ1) is 11.0. The van der Waals surface area contributed by atoms with E-state index in [0.29, 0.717) is 24.2 Å². The number of carbonyl (C=O) groups is 1. The Balaban J connectivity index is 1.91. The average Bonchev–Trinajstić information content (AvgIpc) is 3.04. The van der Waals surface area contributed by atoms with Gasteiger partial charge in [0, 0.05) is 32.5 Å². The average molecular weight is 320 g/mol. The van der Waals surface area contributed by atoms with Gasteiger partial charge in [-0.25, -0.2) is 14.2 Å². The summed E-state index contributed by atoms with van der Waals surface area (Å²) in [4.78, 5) is 17.3. The molecular weight excluding hydrogens is 299 g/mol. The first kappa shape index (κ1) is 17.0. The van der Waals surface area contributed by atoms with Gasteiger partial charge in [0.05, 0.1) is 18.1 Å². The highest BCUT2D eigenvalue weighted by Gasteiger charge is 2.10. The number of hydrogen-bond acceptors (Lipinski definition) is 3. The van der Waals surface area contributed by atoms with Crippen molar-refractivity contribution in [2.45, 2.75) is 26.0 Å². The van der Waals surface area contributed by atoms with Crippen LogP contribution in [0.5, 0.6) is 0 Å². The van der Waals surface area contributed by atoms with Crippen molar-refractivity contribution in [3.8, 4) is 5.69 Å². The maximum atomic E-state index is 14.1. The summed E-state index contributed by atoms with van der Waals surface area (Å²) in [6.07, 6.45) is 4.83. The smallest absolute Gasteiger partial charge is 0.317 e. The van der Waals surface area contributed by atoms with Crippen LogP contribution in [-0.2, 0) is 6.54 Å². The van der Waals surface area contributed by atoms with Gasteiger partial charge in [-0.15, -0.1) is 0 Å². The summed E-state index contributed by atoms with van der Waals surface area (Å²) in [6.45, 7) is 2.37. The van der Waals surface area contributed by atoms with Crippen molar-refractivity contribution in [2.24, 2.45) is 0 Å². The summed E-state index contributed by atoms with van der Waals surface area (Å²) in [5, 5.41) is 11.9. The second-order valence-corrected chi connectivity index (χ2v) is 5.47. The van der Waals surface area contributed by atoms with Crippen LogP contribution >= 0.6 is 0 Å². The number of amides is 2. The number of carbonyl (C=O) groups excluding carboxylic acids is 1. The van der Waals surface area contributed by atoms with E-state index < -0.39 is 6.10 Å². The Morgan fingerprint density at radius 3 is 2.91 bits per heavy atom. The van der Waals surface area contributed by atoms with Gasteiger partial charge in [0.15, 0.2) is 0 Å². The molecule has 1 atom stereocenters. The van der Waals surface area contributed by atoms with Crippen molar-refractivity contribution in [1.82, 2.24) is 19.8 Å². The zero-order chi connectivity index (χ0) is 16.8. The molecule has 23 heavy (non-hydrogen) atoms. The van der Waals surface area contributed by atoms with Crippen LogP contribution in [-0.4, -0.2) is 45.3 Å². The number of nitrogens with one attached hydrogen (secondary N) is 1. The molecule has 6 nitrogen and oxygen atoms in total. The number of aliphatic hydroxyl groups is 1. The van der Waals surface area contributed by atoms with E-state index in [1.165, 1.54) is 17.3 Å². The number of hydrogen-bond donors (Lipinski definition) is 2. The Kier molecular flexibility index (Phi) is 5.70. The zero-order valence-corrected chi connectivity index (χ0v) is 13.2. The molecule has 0 aliphatic rings. The Morgan fingerprint density at radius 2 is 2.30 bits per heavy atom. The van der Waals surface area contributed by atoms with E-state index >= 15 is 0 Å². The SMILES string of the molecule is CC(O)CCN(C)C(=O)NCc1ccc(-n2ccnc2)c(F)c1. The molecule has 0 saturated heterocycles. The summed E-state index contributed by atoms with van der Waals surface area (Å²) < 4.78 is 15.7. The number of aliphatic hydroxyl groups excluding tert-OH is 1. The fraction of sp³-hybridized carbons (Fsp3) is 0.375. The second kappa shape index (κ2) is 7.73. The summed E-state index contributed by atoms with van der Waals surface area (Å²) >= 11 is 0. The summed E-state index contributed by atoms with van der Waals surface area (Å²) in [5.41, 5.74) is 1.08. The minimum atomic E-state index is -0.449. The first-order valence-electron chi connectivity index (χ1n) is 7.41. The molecule has 0 spiro atoms. The molecule has 1 aromatic carbocycles. The van der Waals surface area contributed by atoms with Gasteiger partial charge in [0.2, 0.25) is 0 Å². The zero-order valence-electron chi connectivity index (χ0n) is 13.2. The molecule has 1 aromatic heterocycles. The summed E-state index contributed by atoms with van der Waals surface area (Å²) in [7, 11) is 1.65. The van der Waals surface area contributed by atoms with E-state index in [-0.39, 0.29) is 18.4 Å². The van der Waals surface area contributed by atoms with Crippen LogP contribution in [0.4, 0.5) is 9.18 Å². The first-order valence-corrected chi connectivity index (χ1v) is 7.41. The lowest BCUT2D eigenvalue weighted by molar-refractivity contribution is 0.163. The van der Waals surface area contributed by atoms with Crippen LogP contribution in [0.2, 0.25) is 0 Å². The monoisotopic (exact) mass is 320 g/mol. The second-order valence-electron chi connectivity index (χ2n) is 5.47. The van der Waals surface area contributed by atoms with Crippen molar-refractivity contribution in [3.63, 3.8) is 0 Å². The van der Waals surface area contributed by atoms with Gasteiger partial charge in [-0.3, -0.25) is 0 Å². The molecule has 7 heteroatoms. The number of aromatic nitrogens is 2. The fourth-order valence-corrected chi connectivity index (χ4v) is 2.07. The lowest BCUT2D eigenvalue weighted by atomic mass is 10.2. The van der Waals surface area contributed by atoms with Gasteiger partial charge in [-0.1, -0.05) is 6.07 Å². The predicted molar refractivity (Wildman–Crippen MR) is 84.7 cm³/mol. The van der Waals surface area contributed by atoms with Crippen LogP contribution < -0.4 is 5.32 Å². The van der Waals surface area contributed by atoms with Crippen molar-refractivity contribution in [2.75, 3.05) is 13.6 Å². The van der Waals surface area contributed by atoms with Crippen molar-refractivity contribution >= 4 is 6.03 Å². The van der Waals surface area contributed by atoms with Crippen LogP contribution in [0.25, 0.3) is 5.69 Å². The molecule has 0 aliphatic heterocycles. The number of rotatable bonds is 6. The molecule has 0 fully saturated rings. The molecule has 124 valence electrons. The maximum Gasteiger partial charge on any atom is 0.317 e. The Bertz CT molecular complexity index is 644. The molecular formula is C16H21FN4O2. The van der Waals surface area contributed by atoms with Crippen LogP contribution in [0.3, 0.4) is 0 Å². The van der Waals surface area contributed by atoms with Crippen molar-refractivity contribution in [3.05, 3.63) is 48.3 Å². The van der Waals surface area contributed by atoms with Crippen LogP contribution in [0.15, 0.2) is 36.9 Å². The minimum Gasteiger partial charge on any atom is -0.393 e. The molecule has 2 rings (SSSR count). The van der Waals surface area contributed by atoms with Crippen LogP contribution in [0.1, 0.15) is 18.9 Å². The molecule has 0 aliphatic carbocycles. The standard InChI is InChI=1S/C16H21FN4O2/c1-12(22)5-7-20(2)16(23)19-10-13-3-4-15(14(17)9-13)21-8-6-18-11-21/h3-4,6,8-9,11-12,22H,5,7,10H2,1-2H3,(H,19,23). The molecule has 0 radical (unpaired) electrons. The summed E-state index contributed by atoms with van der Waals surface area (Å²) in [6, 6.07) is 4.54. The molecule has 0 saturated carbocycles. The lowest BCUT2D eigenvalue weighted by Gasteiger charge is -2.18. The number of halogens is 1. The Morgan fingerprint density at radius 1 is 1.52 bits per heavy atom. The third-order valence-electron chi connectivity index (χ3n) is 3.47. The van der Waals surface area contributed by atoms with E-state index in [0.717, 1.165) is 0 Å². The molecule has 2 aromatic rings. The van der Waals surface area contributed by atoms with E-state index in [9.17, 15) is 14.3 Å².